The lowest BCUT2D eigenvalue weighted by atomic mass is 9.88. The number of amides is 1. The molecule has 1 fully saturated rings. The number of piperidine rings is 1. The zero-order chi connectivity index (χ0) is 23.9. The second kappa shape index (κ2) is 10.9. The number of aromatic nitrogens is 5. The van der Waals surface area contributed by atoms with Gasteiger partial charge in [-0.25, -0.2) is 19.6 Å². The molecule has 0 radical (unpaired) electrons. The van der Waals surface area contributed by atoms with Gasteiger partial charge in [0.15, 0.2) is 5.82 Å². The van der Waals surface area contributed by atoms with Gasteiger partial charge in [0, 0.05) is 31.6 Å². The van der Waals surface area contributed by atoms with Gasteiger partial charge in [-0.05, 0) is 30.4 Å². The van der Waals surface area contributed by atoms with Crippen molar-refractivity contribution < 1.29 is 4.79 Å². The highest BCUT2D eigenvalue weighted by atomic mass is 16.1. The Balaban J connectivity index is 1.20. The van der Waals surface area contributed by atoms with Gasteiger partial charge in [0.1, 0.15) is 24.8 Å². The Labute approximate surface area is 205 Å². The first-order chi connectivity index (χ1) is 17.3. The predicted octanol–water partition coefficient (Wildman–Crippen LogP) is 3.61. The van der Waals surface area contributed by atoms with E-state index in [9.17, 15) is 4.79 Å². The van der Waals surface area contributed by atoms with Crippen LogP contribution in [0.3, 0.4) is 0 Å². The molecule has 35 heavy (non-hydrogen) atoms. The molecule has 0 aliphatic carbocycles. The van der Waals surface area contributed by atoms with E-state index < -0.39 is 0 Å². The summed E-state index contributed by atoms with van der Waals surface area (Å²) in [6.07, 6.45) is 7.29. The molecule has 0 saturated carbocycles. The van der Waals surface area contributed by atoms with Crippen molar-refractivity contribution >= 4 is 11.7 Å². The molecule has 0 bridgehead atoms. The summed E-state index contributed by atoms with van der Waals surface area (Å²) in [4.78, 5) is 28.0. The molecule has 4 aromatic rings. The van der Waals surface area contributed by atoms with Crippen LogP contribution in [-0.4, -0.2) is 50.3 Å². The molecule has 2 aromatic heterocycles. The Hall–Kier alpha value is -4.07. The quantitative estimate of drug-likeness (QED) is 0.426. The van der Waals surface area contributed by atoms with E-state index in [4.69, 9.17) is 0 Å². The Morgan fingerprint density at radius 1 is 0.971 bits per heavy atom. The molecule has 1 saturated heterocycles. The van der Waals surface area contributed by atoms with Gasteiger partial charge in [0.2, 0.25) is 5.91 Å². The minimum Gasteiger partial charge on any atom is -0.356 e. The fraction of sp³-hybridized carbons (Fsp3) is 0.296. The highest BCUT2D eigenvalue weighted by Crippen LogP contribution is 2.28. The van der Waals surface area contributed by atoms with Gasteiger partial charge in [0.25, 0.3) is 0 Å². The van der Waals surface area contributed by atoms with Crippen LogP contribution in [0.4, 0.5) is 5.82 Å². The largest absolute Gasteiger partial charge is 0.356 e. The zero-order valence-electron chi connectivity index (χ0n) is 19.6. The van der Waals surface area contributed by atoms with E-state index in [0.29, 0.717) is 18.9 Å². The van der Waals surface area contributed by atoms with E-state index in [-0.39, 0.29) is 17.7 Å². The molecule has 1 atom stereocenters. The summed E-state index contributed by atoms with van der Waals surface area (Å²) in [6.45, 7) is 2.13. The monoisotopic (exact) mass is 467 g/mol. The lowest BCUT2D eigenvalue weighted by Crippen LogP contribution is -2.43. The number of carbonyl (C=O) groups excluding carboxylic acids is 1. The Kier molecular flexibility index (Phi) is 7.07. The second-order valence-electron chi connectivity index (χ2n) is 8.81. The fourth-order valence-corrected chi connectivity index (χ4v) is 4.74. The molecule has 3 heterocycles. The smallest absolute Gasteiger partial charge is 0.224 e. The second-order valence-corrected chi connectivity index (χ2v) is 8.81. The first-order valence-electron chi connectivity index (χ1n) is 12.1. The summed E-state index contributed by atoms with van der Waals surface area (Å²) in [7, 11) is 0. The van der Waals surface area contributed by atoms with Gasteiger partial charge in [0.05, 0.1) is 5.92 Å². The number of hydrogen-bond acceptors (Lipinski definition) is 6. The van der Waals surface area contributed by atoms with E-state index in [1.54, 1.807) is 11.0 Å². The maximum absolute atomic E-state index is 13.1. The Bertz CT molecular complexity index is 1180. The molecule has 178 valence electrons. The van der Waals surface area contributed by atoms with Crippen LogP contribution in [0, 0.1) is 5.92 Å². The number of anilines is 1. The van der Waals surface area contributed by atoms with Crippen molar-refractivity contribution in [2.45, 2.75) is 25.2 Å². The van der Waals surface area contributed by atoms with Crippen molar-refractivity contribution in [1.82, 2.24) is 30.0 Å². The van der Waals surface area contributed by atoms with E-state index in [0.717, 1.165) is 31.6 Å². The van der Waals surface area contributed by atoms with Crippen molar-refractivity contribution in [3.8, 4) is 5.82 Å². The van der Waals surface area contributed by atoms with Crippen LogP contribution in [-0.2, 0) is 4.79 Å². The van der Waals surface area contributed by atoms with Gasteiger partial charge >= 0.3 is 0 Å². The zero-order valence-corrected chi connectivity index (χ0v) is 19.6. The highest BCUT2D eigenvalue weighted by molar-refractivity contribution is 5.79. The van der Waals surface area contributed by atoms with E-state index >= 15 is 0 Å². The van der Waals surface area contributed by atoms with Crippen LogP contribution >= 0.6 is 0 Å². The van der Waals surface area contributed by atoms with Crippen LogP contribution in [0.1, 0.15) is 36.3 Å². The summed E-state index contributed by atoms with van der Waals surface area (Å²) in [5, 5.41) is 7.35. The van der Waals surface area contributed by atoms with Crippen LogP contribution < -0.4 is 10.2 Å². The van der Waals surface area contributed by atoms with Gasteiger partial charge < -0.3 is 10.2 Å². The maximum Gasteiger partial charge on any atom is 0.224 e. The highest BCUT2D eigenvalue weighted by Gasteiger charge is 2.27. The number of nitrogens with one attached hydrogen (secondary N) is 1. The predicted molar refractivity (Wildman–Crippen MR) is 134 cm³/mol. The summed E-state index contributed by atoms with van der Waals surface area (Å²) >= 11 is 0. The average Bonchev–Trinajstić information content (AvgIpc) is 3.47. The number of rotatable bonds is 8. The third-order valence-electron chi connectivity index (χ3n) is 6.54. The molecular formula is C27H29N7O. The number of nitrogens with zero attached hydrogens (tertiary/aromatic N) is 6. The molecule has 1 N–H and O–H groups in total. The van der Waals surface area contributed by atoms with Crippen LogP contribution in [0.2, 0.25) is 0 Å². The minimum absolute atomic E-state index is 0.0690. The molecule has 8 heteroatoms. The van der Waals surface area contributed by atoms with Crippen molar-refractivity contribution in [3.63, 3.8) is 0 Å². The molecule has 1 unspecified atom stereocenters. The first kappa shape index (κ1) is 22.7. The molecule has 0 spiro atoms. The Morgan fingerprint density at radius 2 is 1.69 bits per heavy atom. The lowest BCUT2D eigenvalue weighted by Gasteiger charge is -2.33. The molecule has 2 aromatic carbocycles. The SMILES string of the molecule is O=C(NCCC(c1ccccc1)c1ccccc1)C1CCCN(c2cc(-n3cncn3)ncn2)C1. The molecular weight excluding hydrogens is 438 g/mol. The average molecular weight is 468 g/mol. The maximum atomic E-state index is 13.1. The van der Waals surface area contributed by atoms with Crippen molar-refractivity contribution in [2.75, 3.05) is 24.5 Å². The topological polar surface area (TPSA) is 88.8 Å². The number of benzene rings is 2. The van der Waals surface area contributed by atoms with Crippen LogP contribution in [0.25, 0.3) is 5.82 Å². The van der Waals surface area contributed by atoms with Gasteiger partial charge in [-0.2, -0.15) is 5.10 Å². The standard InChI is InChI=1S/C27H29N7O/c35-27(29-14-13-24(21-8-3-1-4-9-21)22-10-5-2-6-11-22)23-12-7-15-33(17-23)25-16-26(31-19-30-25)34-20-28-18-32-34/h1-6,8-11,16,18-20,23-24H,7,12-15,17H2,(H,29,35). The summed E-state index contributed by atoms with van der Waals surface area (Å²) in [5.41, 5.74) is 2.53. The summed E-state index contributed by atoms with van der Waals surface area (Å²) in [5.74, 6) is 1.75. The molecule has 1 aliphatic heterocycles. The normalized spacial score (nSPS) is 15.8. The molecule has 1 aliphatic rings. The number of carbonyl (C=O) groups is 1. The van der Waals surface area contributed by atoms with Gasteiger partial charge in [-0.3, -0.25) is 4.79 Å². The van der Waals surface area contributed by atoms with Crippen molar-refractivity contribution in [2.24, 2.45) is 5.92 Å². The van der Waals surface area contributed by atoms with Gasteiger partial charge in [-0.1, -0.05) is 60.7 Å². The first-order valence-corrected chi connectivity index (χ1v) is 12.1. The lowest BCUT2D eigenvalue weighted by molar-refractivity contribution is -0.125. The van der Waals surface area contributed by atoms with Crippen molar-refractivity contribution in [1.29, 1.82) is 0 Å². The number of hydrogen-bond donors (Lipinski definition) is 1. The molecule has 1 amide bonds. The van der Waals surface area contributed by atoms with E-state index in [1.165, 1.54) is 23.8 Å². The fourth-order valence-electron chi connectivity index (χ4n) is 4.74. The summed E-state index contributed by atoms with van der Waals surface area (Å²) in [6, 6.07) is 22.9. The van der Waals surface area contributed by atoms with Crippen molar-refractivity contribution in [3.05, 3.63) is 96.8 Å². The van der Waals surface area contributed by atoms with Crippen LogP contribution in [0.15, 0.2) is 85.7 Å². The molecule has 5 rings (SSSR count). The van der Waals surface area contributed by atoms with E-state index in [2.05, 4.69) is 78.8 Å². The third kappa shape index (κ3) is 5.54. The van der Waals surface area contributed by atoms with Gasteiger partial charge in [-0.15, -0.1) is 0 Å². The van der Waals surface area contributed by atoms with Crippen LogP contribution in [0.5, 0.6) is 0 Å². The minimum atomic E-state index is -0.0690. The Morgan fingerprint density at radius 3 is 2.37 bits per heavy atom. The molecule has 8 nitrogen and oxygen atoms in total. The third-order valence-corrected chi connectivity index (χ3v) is 6.54. The summed E-state index contributed by atoms with van der Waals surface area (Å²) < 4.78 is 1.61. The van der Waals surface area contributed by atoms with E-state index in [1.807, 2.05) is 18.2 Å².